The molecular formula is C49H72N12O13. The van der Waals surface area contributed by atoms with Gasteiger partial charge in [0.15, 0.2) is 0 Å². The summed E-state index contributed by atoms with van der Waals surface area (Å²) in [6.45, 7) is 3.25. The average molecular weight is 1040 g/mol. The van der Waals surface area contributed by atoms with Crippen LogP contribution in [0.5, 0.6) is 5.75 Å². The number of carbonyl (C=O) groups excluding carboxylic acids is 12. The Labute approximate surface area is 429 Å². The summed E-state index contributed by atoms with van der Waals surface area (Å²) in [4.78, 5) is 168. The van der Waals surface area contributed by atoms with Crippen molar-refractivity contribution in [3.05, 3.63) is 29.8 Å². The van der Waals surface area contributed by atoms with Crippen molar-refractivity contribution in [1.29, 1.82) is 0 Å². The molecule has 2 saturated heterocycles. The molecule has 2 heterocycles. The standard InChI is InChI=1S/C49H72N12O13/c1-6-21-60-45(71)31-23-49(31)48(74)61(60)34(47(73)58(4)26-39(67)56-40(29-11-9-8-10-12-29)43(69)53-24-36(51)64)18-20-37(65)52-25-38(66)54-33(22-28-13-15-30(62)16-14-28)46(72)59(5)41(27(3)7-2)44(70)55-32(42(68)57-49)17-19-35(50)63/h13-16,27,29,31-34,40-41,62H,6-12,17-26H2,1-5H3,(H2,50,63)(H2,51,64)(H,52,65)(H,53,69)(H,54,66)(H,55,70)(H,56,67)(H,57,68)/t27?,31?,32-,33-,34-,40-,41?,49?/m0/s1. The highest BCUT2D eigenvalue weighted by Crippen LogP contribution is 2.50. The van der Waals surface area contributed by atoms with Crippen LogP contribution in [0, 0.1) is 17.8 Å². The summed E-state index contributed by atoms with van der Waals surface area (Å²) in [5.74, 6) is -11.8. The normalized spacial score (nSPS) is 25.2. The lowest BCUT2D eigenvalue weighted by Crippen LogP contribution is -2.69. The van der Waals surface area contributed by atoms with Gasteiger partial charge in [0, 0.05) is 39.9 Å². The molecule has 406 valence electrons. The molecule has 2 bridgehead atoms. The predicted molar refractivity (Wildman–Crippen MR) is 262 cm³/mol. The quantitative estimate of drug-likeness (QED) is 0.0769. The van der Waals surface area contributed by atoms with Gasteiger partial charge in [0.1, 0.15) is 41.5 Å². The van der Waals surface area contributed by atoms with Gasteiger partial charge < -0.3 is 58.3 Å². The summed E-state index contributed by atoms with van der Waals surface area (Å²) in [5, 5.41) is 27.4. The molecule has 5 rings (SSSR count). The number of rotatable bonds is 17. The fourth-order valence-corrected chi connectivity index (χ4v) is 9.98. The maximum atomic E-state index is 15.1. The van der Waals surface area contributed by atoms with Crippen LogP contribution < -0.4 is 43.4 Å². The zero-order chi connectivity index (χ0) is 54.6. The average Bonchev–Trinajstić information content (AvgIpc) is 4.10. The van der Waals surface area contributed by atoms with Crippen LogP contribution >= 0.6 is 0 Å². The van der Waals surface area contributed by atoms with E-state index in [2.05, 4.69) is 31.9 Å². The molecular weight excluding hydrogens is 965 g/mol. The lowest BCUT2D eigenvalue weighted by atomic mass is 9.83. The number of fused-ring (bicyclic) bond motifs is 1. The zero-order valence-corrected chi connectivity index (χ0v) is 42.7. The number of nitrogens with zero attached hydrogens (tertiary/aromatic N) is 4. The highest BCUT2D eigenvalue weighted by atomic mass is 16.3. The van der Waals surface area contributed by atoms with Gasteiger partial charge in [-0.15, -0.1) is 0 Å². The second-order valence-corrected chi connectivity index (χ2v) is 19.8. The Morgan fingerprint density at radius 3 is 2.18 bits per heavy atom. The van der Waals surface area contributed by atoms with Gasteiger partial charge in [-0.25, -0.2) is 5.01 Å². The lowest BCUT2D eigenvalue weighted by molar-refractivity contribution is -0.184. The van der Waals surface area contributed by atoms with Crippen molar-refractivity contribution < 1.29 is 62.6 Å². The monoisotopic (exact) mass is 1040 g/mol. The lowest BCUT2D eigenvalue weighted by Gasteiger charge is -2.45. The van der Waals surface area contributed by atoms with E-state index in [0.717, 1.165) is 39.1 Å². The number of aromatic hydroxyl groups is 1. The minimum atomic E-state index is -1.97. The van der Waals surface area contributed by atoms with Crippen LogP contribution in [0.25, 0.3) is 0 Å². The van der Waals surface area contributed by atoms with Gasteiger partial charge in [-0.1, -0.05) is 58.6 Å². The molecule has 74 heavy (non-hydrogen) atoms. The van der Waals surface area contributed by atoms with E-state index in [0.29, 0.717) is 24.8 Å². The summed E-state index contributed by atoms with van der Waals surface area (Å²) in [6.07, 6.45) is 2.15. The van der Waals surface area contributed by atoms with Gasteiger partial charge >= 0.3 is 0 Å². The summed E-state index contributed by atoms with van der Waals surface area (Å²) < 4.78 is 0. The van der Waals surface area contributed by atoms with Crippen LogP contribution in [-0.2, 0) is 64.0 Å². The minimum Gasteiger partial charge on any atom is -0.508 e. The summed E-state index contributed by atoms with van der Waals surface area (Å²) in [7, 11) is 2.59. The number of phenolic OH excluding ortho intramolecular Hbond substituents is 1. The largest absolute Gasteiger partial charge is 0.508 e. The number of primary amides is 2. The van der Waals surface area contributed by atoms with Crippen LogP contribution in [0.15, 0.2) is 24.3 Å². The first-order chi connectivity index (χ1) is 35.0. The summed E-state index contributed by atoms with van der Waals surface area (Å²) >= 11 is 0. The number of amides is 12. The molecule has 2 aliphatic carbocycles. The fraction of sp³-hybridized carbons (Fsp3) is 0.633. The van der Waals surface area contributed by atoms with E-state index < -0.39 is 157 Å². The summed E-state index contributed by atoms with van der Waals surface area (Å²) in [6, 6.07) is -1.13. The molecule has 4 aliphatic rings. The van der Waals surface area contributed by atoms with E-state index in [-0.39, 0.29) is 43.9 Å². The van der Waals surface area contributed by atoms with Gasteiger partial charge in [-0.3, -0.25) is 62.5 Å². The third-order valence-corrected chi connectivity index (χ3v) is 14.3. The van der Waals surface area contributed by atoms with Crippen molar-refractivity contribution in [2.24, 2.45) is 29.2 Å². The van der Waals surface area contributed by atoms with Gasteiger partial charge in [-0.2, -0.15) is 0 Å². The number of hydrogen-bond donors (Lipinski definition) is 9. The minimum absolute atomic E-state index is 0.0559. The molecule has 4 fully saturated rings. The molecule has 2 aliphatic heterocycles. The Bertz CT molecular complexity index is 2330. The molecule has 1 aromatic carbocycles. The fourth-order valence-electron chi connectivity index (χ4n) is 9.98. The molecule has 1 spiro atoms. The van der Waals surface area contributed by atoms with Crippen molar-refractivity contribution in [2.75, 3.05) is 40.3 Å². The second-order valence-electron chi connectivity index (χ2n) is 19.8. The number of nitrogens with one attached hydrogen (secondary N) is 6. The Kier molecular flexibility index (Phi) is 19.9. The maximum absolute atomic E-state index is 15.1. The third-order valence-electron chi connectivity index (χ3n) is 14.3. The van der Waals surface area contributed by atoms with Crippen LogP contribution in [0.3, 0.4) is 0 Å². The predicted octanol–water partition coefficient (Wildman–Crippen LogP) is -2.68. The maximum Gasteiger partial charge on any atom is 0.268 e. The Morgan fingerprint density at radius 2 is 1.55 bits per heavy atom. The third kappa shape index (κ3) is 14.2. The van der Waals surface area contributed by atoms with Gasteiger partial charge in [0.2, 0.25) is 65.0 Å². The highest BCUT2D eigenvalue weighted by molar-refractivity contribution is 6.08. The zero-order valence-electron chi connectivity index (χ0n) is 42.7. The molecule has 25 nitrogen and oxygen atoms in total. The number of hydrazine groups is 1. The smallest absolute Gasteiger partial charge is 0.268 e. The van der Waals surface area contributed by atoms with Crippen LogP contribution in [0.1, 0.15) is 103 Å². The van der Waals surface area contributed by atoms with Gasteiger partial charge in [0.05, 0.1) is 25.6 Å². The van der Waals surface area contributed by atoms with Crippen molar-refractivity contribution in [1.82, 2.24) is 51.7 Å². The van der Waals surface area contributed by atoms with E-state index >= 15 is 4.79 Å². The summed E-state index contributed by atoms with van der Waals surface area (Å²) in [5.41, 5.74) is 9.29. The molecule has 2 saturated carbocycles. The number of carbonyl (C=O) groups is 12. The van der Waals surface area contributed by atoms with Crippen molar-refractivity contribution in [3.8, 4) is 5.75 Å². The molecule has 12 amide bonds. The topological polar surface area (TPSA) is 362 Å². The second kappa shape index (κ2) is 25.5. The molecule has 25 heteroatoms. The van der Waals surface area contributed by atoms with Crippen LogP contribution in [-0.4, -0.2) is 172 Å². The number of hydrogen-bond acceptors (Lipinski definition) is 13. The number of nitrogens with two attached hydrogens (primary N) is 2. The van der Waals surface area contributed by atoms with Crippen LogP contribution in [0.4, 0.5) is 0 Å². The highest BCUT2D eigenvalue weighted by Gasteiger charge is 2.72. The van der Waals surface area contributed by atoms with Crippen molar-refractivity contribution in [3.63, 3.8) is 0 Å². The first kappa shape index (κ1) is 57.6. The van der Waals surface area contributed by atoms with E-state index in [9.17, 15) is 57.8 Å². The first-order valence-electron chi connectivity index (χ1n) is 25.3. The van der Waals surface area contributed by atoms with E-state index in [1.165, 1.54) is 38.4 Å². The van der Waals surface area contributed by atoms with E-state index in [1.807, 2.05) is 0 Å². The van der Waals surface area contributed by atoms with E-state index in [1.54, 1.807) is 20.8 Å². The Morgan fingerprint density at radius 1 is 0.878 bits per heavy atom. The van der Waals surface area contributed by atoms with Crippen LogP contribution in [0.2, 0.25) is 0 Å². The van der Waals surface area contributed by atoms with Crippen molar-refractivity contribution >= 4 is 70.9 Å². The Balaban J connectivity index is 1.53. The van der Waals surface area contributed by atoms with Crippen molar-refractivity contribution in [2.45, 2.75) is 140 Å². The number of benzene rings is 1. The van der Waals surface area contributed by atoms with E-state index in [4.69, 9.17) is 11.5 Å². The Hall–Kier alpha value is -7.34. The number of phenols is 1. The molecule has 11 N–H and O–H groups in total. The molecule has 0 aromatic heterocycles. The molecule has 8 atom stereocenters. The number of likely N-dealkylation sites (N-methyl/N-ethyl adjacent to an activating group) is 2. The van der Waals surface area contributed by atoms with Gasteiger partial charge in [-0.05, 0) is 68.1 Å². The first-order valence-corrected chi connectivity index (χ1v) is 25.3. The molecule has 4 unspecified atom stereocenters. The molecule has 0 radical (unpaired) electrons. The SMILES string of the molecule is CCCN1C(=O)C2CC23NC(=O)[C@H](CCC(N)=O)NC(=O)C(C(C)CC)N(C)C(=O)[C@H](Cc2ccc(O)cc2)NC(=O)CNC(=O)CC[C@@H](C(=O)N(C)CC(=O)N[C@H](C(=O)NCC(N)=O)C2CCCCC2)N1C3=O. The molecule has 1 aromatic rings. The van der Waals surface area contributed by atoms with Gasteiger partial charge in [0.25, 0.3) is 5.91 Å².